The van der Waals surface area contributed by atoms with Crippen LogP contribution in [0.5, 0.6) is 0 Å². The summed E-state index contributed by atoms with van der Waals surface area (Å²) in [6, 6.07) is 10.9. The molecular weight excluding hydrogens is 298 g/mol. The van der Waals surface area contributed by atoms with Crippen molar-refractivity contribution in [2.45, 2.75) is 12.8 Å². The fourth-order valence-electron chi connectivity index (χ4n) is 2.32. The van der Waals surface area contributed by atoms with Gasteiger partial charge in [-0.25, -0.2) is 5.43 Å². The number of nitrogens with one attached hydrogen (secondary N) is 1. The fourth-order valence-corrected chi connectivity index (χ4v) is 2.90. The number of thiophene rings is 1. The molecule has 1 aliphatic rings. The zero-order valence-corrected chi connectivity index (χ0v) is 12.7. The smallest absolute Gasteiger partial charge is 0.271 e. The first-order valence-corrected chi connectivity index (χ1v) is 7.89. The summed E-state index contributed by atoms with van der Waals surface area (Å²) in [5.41, 5.74) is 3.75. The van der Waals surface area contributed by atoms with Crippen molar-refractivity contribution in [3.8, 4) is 0 Å². The highest BCUT2D eigenvalue weighted by molar-refractivity contribution is 7.11. The van der Waals surface area contributed by atoms with E-state index in [-0.39, 0.29) is 11.8 Å². The summed E-state index contributed by atoms with van der Waals surface area (Å²) in [5, 5.41) is 5.88. The first kappa shape index (κ1) is 14.5. The van der Waals surface area contributed by atoms with Crippen molar-refractivity contribution < 1.29 is 9.59 Å². The van der Waals surface area contributed by atoms with E-state index < -0.39 is 0 Å². The SMILES string of the molecule is O=C(N/N=C\c1cccs1)c1cccc(N2CCCC2=O)c1. The van der Waals surface area contributed by atoms with Crippen molar-refractivity contribution in [1.82, 2.24) is 5.43 Å². The fraction of sp³-hybridized carbons (Fsp3) is 0.188. The number of hydrazone groups is 1. The molecule has 1 aromatic heterocycles. The topological polar surface area (TPSA) is 61.8 Å². The van der Waals surface area contributed by atoms with E-state index in [1.54, 1.807) is 40.7 Å². The molecule has 1 fully saturated rings. The van der Waals surface area contributed by atoms with E-state index in [1.807, 2.05) is 23.6 Å². The first-order valence-electron chi connectivity index (χ1n) is 7.01. The maximum absolute atomic E-state index is 12.1. The minimum Gasteiger partial charge on any atom is -0.312 e. The van der Waals surface area contributed by atoms with Gasteiger partial charge in [-0.1, -0.05) is 12.1 Å². The molecule has 0 unspecified atom stereocenters. The van der Waals surface area contributed by atoms with Crippen LogP contribution in [0, 0.1) is 0 Å². The Morgan fingerprint density at radius 3 is 2.95 bits per heavy atom. The lowest BCUT2D eigenvalue weighted by Crippen LogP contribution is -2.24. The Morgan fingerprint density at radius 2 is 2.23 bits per heavy atom. The predicted molar refractivity (Wildman–Crippen MR) is 87.4 cm³/mol. The highest BCUT2D eigenvalue weighted by Crippen LogP contribution is 2.22. The summed E-state index contributed by atoms with van der Waals surface area (Å²) >= 11 is 1.55. The van der Waals surface area contributed by atoms with Gasteiger partial charge < -0.3 is 4.90 Å². The molecule has 5 nitrogen and oxygen atoms in total. The van der Waals surface area contributed by atoms with Crippen LogP contribution in [0.3, 0.4) is 0 Å². The highest BCUT2D eigenvalue weighted by Gasteiger charge is 2.22. The third-order valence-corrected chi connectivity index (χ3v) is 4.20. The maximum atomic E-state index is 12.1. The first-order chi connectivity index (χ1) is 10.7. The number of nitrogens with zero attached hydrogens (tertiary/aromatic N) is 2. The van der Waals surface area contributed by atoms with Gasteiger partial charge in [0.2, 0.25) is 5.91 Å². The van der Waals surface area contributed by atoms with Crippen LogP contribution in [0.2, 0.25) is 0 Å². The molecule has 3 rings (SSSR count). The van der Waals surface area contributed by atoms with Crippen molar-refractivity contribution >= 4 is 35.1 Å². The van der Waals surface area contributed by atoms with Crippen molar-refractivity contribution in [2.75, 3.05) is 11.4 Å². The lowest BCUT2D eigenvalue weighted by Gasteiger charge is -2.16. The van der Waals surface area contributed by atoms with Crippen LogP contribution < -0.4 is 10.3 Å². The summed E-state index contributed by atoms with van der Waals surface area (Å²) in [7, 11) is 0. The zero-order chi connectivity index (χ0) is 15.4. The van der Waals surface area contributed by atoms with Crippen molar-refractivity contribution in [3.05, 3.63) is 52.2 Å². The molecule has 1 aromatic carbocycles. The van der Waals surface area contributed by atoms with Crippen molar-refractivity contribution in [3.63, 3.8) is 0 Å². The number of hydrogen-bond acceptors (Lipinski definition) is 4. The van der Waals surface area contributed by atoms with Gasteiger partial charge in [-0.3, -0.25) is 9.59 Å². The molecular formula is C16H15N3O2S. The number of anilines is 1. The van der Waals surface area contributed by atoms with Gasteiger partial charge in [-0.05, 0) is 36.1 Å². The molecule has 112 valence electrons. The van der Waals surface area contributed by atoms with Crippen LogP contribution in [0.1, 0.15) is 28.1 Å². The average Bonchev–Trinajstić information content (AvgIpc) is 3.19. The van der Waals surface area contributed by atoms with Crippen molar-refractivity contribution in [2.24, 2.45) is 5.10 Å². The number of benzene rings is 1. The number of amides is 2. The van der Waals surface area contributed by atoms with Gasteiger partial charge in [0.1, 0.15) is 0 Å². The zero-order valence-electron chi connectivity index (χ0n) is 11.9. The van der Waals surface area contributed by atoms with E-state index in [4.69, 9.17) is 0 Å². The summed E-state index contributed by atoms with van der Waals surface area (Å²) in [5.74, 6) is -0.186. The van der Waals surface area contributed by atoms with E-state index in [0.717, 1.165) is 17.0 Å². The monoisotopic (exact) mass is 313 g/mol. The van der Waals surface area contributed by atoms with Crippen molar-refractivity contribution in [1.29, 1.82) is 0 Å². The molecule has 1 N–H and O–H groups in total. The maximum Gasteiger partial charge on any atom is 0.271 e. The van der Waals surface area contributed by atoms with Gasteiger partial charge in [0.25, 0.3) is 5.91 Å². The molecule has 2 aromatic rings. The molecule has 2 amide bonds. The van der Waals surface area contributed by atoms with Gasteiger partial charge in [0, 0.05) is 29.1 Å². The predicted octanol–water partition coefficient (Wildman–Crippen LogP) is 2.64. The summed E-state index contributed by atoms with van der Waals surface area (Å²) in [6.45, 7) is 0.709. The van der Waals surface area contributed by atoms with Crippen LogP contribution in [0.15, 0.2) is 46.9 Å². The van der Waals surface area contributed by atoms with Gasteiger partial charge in [-0.15, -0.1) is 11.3 Å². The Bertz CT molecular complexity index is 710. The number of rotatable bonds is 4. The van der Waals surface area contributed by atoms with Crippen LogP contribution in [0.25, 0.3) is 0 Å². The number of carbonyl (C=O) groups excluding carboxylic acids is 2. The number of hydrogen-bond donors (Lipinski definition) is 1. The quantitative estimate of drug-likeness (QED) is 0.697. The molecule has 22 heavy (non-hydrogen) atoms. The molecule has 1 saturated heterocycles. The van der Waals surface area contributed by atoms with Gasteiger partial charge in [-0.2, -0.15) is 5.10 Å². The van der Waals surface area contributed by atoms with E-state index >= 15 is 0 Å². The molecule has 6 heteroatoms. The third kappa shape index (κ3) is 3.23. The van der Waals surface area contributed by atoms with Crippen LogP contribution in [0.4, 0.5) is 5.69 Å². The molecule has 0 spiro atoms. The van der Waals surface area contributed by atoms with Crippen LogP contribution >= 0.6 is 11.3 Å². The van der Waals surface area contributed by atoms with Crippen LogP contribution in [-0.4, -0.2) is 24.6 Å². The second-order valence-electron chi connectivity index (χ2n) is 4.91. The summed E-state index contributed by atoms with van der Waals surface area (Å²) < 4.78 is 0. The lowest BCUT2D eigenvalue weighted by molar-refractivity contribution is -0.117. The Morgan fingerprint density at radius 1 is 1.32 bits per heavy atom. The second kappa shape index (κ2) is 6.53. The third-order valence-electron chi connectivity index (χ3n) is 3.39. The van der Waals surface area contributed by atoms with E-state index in [9.17, 15) is 9.59 Å². The Labute approximate surface area is 132 Å². The lowest BCUT2D eigenvalue weighted by atomic mass is 10.2. The molecule has 0 saturated carbocycles. The highest BCUT2D eigenvalue weighted by atomic mass is 32.1. The number of carbonyl (C=O) groups is 2. The minimum atomic E-state index is -0.290. The molecule has 0 radical (unpaired) electrons. The van der Waals surface area contributed by atoms with E-state index in [1.165, 1.54) is 0 Å². The Hall–Kier alpha value is -2.47. The Kier molecular flexibility index (Phi) is 4.29. The molecule has 0 aliphatic carbocycles. The van der Waals surface area contributed by atoms with Gasteiger partial charge in [0.15, 0.2) is 0 Å². The van der Waals surface area contributed by atoms with E-state index in [2.05, 4.69) is 10.5 Å². The Balaban J connectivity index is 1.69. The molecule has 1 aliphatic heterocycles. The second-order valence-corrected chi connectivity index (χ2v) is 5.89. The summed E-state index contributed by atoms with van der Waals surface area (Å²) in [4.78, 5) is 26.5. The molecule has 0 atom stereocenters. The largest absolute Gasteiger partial charge is 0.312 e. The molecule has 2 heterocycles. The van der Waals surface area contributed by atoms with Crippen LogP contribution in [-0.2, 0) is 4.79 Å². The van der Waals surface area contributed by atoms with E-state index in [0.29, 0.717) is 18.5 Å². The van der Waals surface area contributed by atoms with Gasteiger partial charge in [0.05, 0.1) is 6.21 Å². The molecule has 0 bridgehead atoms. The minimum absolute atomic E-state index is 0.105. The standard InChI is InChI=1S/C16H15N3O2S/c20-15-7-2-8-19(15)13-5-1-4-12(10-13)16(21)18-17-11-14-6-3-9-22-14/h1,3-6,9-11H,2,7-8H2,(H,18,21)/b17-11-. The normalized spacial score (nSPS) is 14.7. The average molecular weight is 313 g/mol. The summed E-state index contributed by atoms with van der Waals surface area (Å²) in [6.07, 6.45) is 3.04. The van der Waals surface area contributed by atoms with Gasteiger partial charge >= 0.3 is 0 Å².